The van der Waals surface area contributed by atoms with Crippen LogP contribution in [0.2, 0.25) is 0 Å². The summed E-state index contributed by atoms with van der Waals surface area (Å²) in [4.78, 5) is 16.2. The zero-order valence-corrected chi connectivity index (χ0v) is 11.1. The van der Waals surface area contributed by atoms with Gasteiger partial charge in [0.05, 0.1) is 19.3 Å². The minimum absolute atomic E-state index is 0.0456. The van der Waals surface area contributed by atoms with Gasteiger partial charge in [-0.05, 0) is 13.8 Å². The molecule has 0 atom stereocenters. The molecule has 5 nitrogen and oxygen atoms in total. The summed E-state index contributed by atoms with van der Waals surface area (Å²) in [6.45, 7) is 4.38. The number of pyridine rings is 1. The lowest BCUT2D eigenvalue weighted by molar-refractivity contribution is 0.406. The number of aryl methyl sites for hydroxylation is 2. The molecule has 2 aromatic heterocycles. The van der Waals surface area contributed by atoms with E-state index in [1.54, 1.807) is 41.9 Å². The maximum Gasteiger partial charge on any atom is 0.328 e. The Bertz CT molecular complexity index is 626. The van der Waals surface area contributed by atoms with E-state index in [0.717, 1.165) is 22.6 Å². The van der Waals surface area contributed by atoms with Crippen LogP contribution in [0.1, 0.15) is 16.8 Å². The topological polar surface area (TPSA) is 49.0 Å². The fourth-order valence-corrected chi connectivity index (χ4v) is 2.02. The summed E-state index contributed by atoms with van der Waals surface area (Å²) in [5.74, 6) is 0.837. The van der Waals surface area contributed by atoms with E-state index in [1.807, 2.05) is 13.8 Å². The quantitative estimate of drug-likeness (QED) is 0.820. The molecule has 0 aromatic carbocycles. The molecular formula is C13H17N3O2. The Morgan fingerprint density at radius 1 is 1.33 bits per heavy atom. The third-order valence-corrected chi connectivity index (χ3v) is 3.09. The minimum atomic E-state index is -0.0456. The molecule has 0 spiro atoms. The Balaban J connectivity index is 2.41. The zero-order chi connectivity index (χ0) is 13.3. The first kappa shape index (κ1) is 12.4. The first-order valence-corrected chi connectivity index (χ1v) is 5.75. The summed E-state index contributed by atoms with van der Waals surface area (Å²) in [5, 5.41) is 0. The average molecular weight is 247 g/mol. The Hall–Kier alpha value is -2.04. The van der Waals surface area contributed by atoms with E-state index < -0.39 is 0 Å². The van der Waals surface area contributed by atoms with Gasteiger partial charge in [0.2, 0.25) is 0 Å². The molecule has 18 heavy (non-hydrogen) atoms. The van der Waals surface area contributed by atoms with Crippen molar-refractivity contribution in [3.63, 3.8) is 0 Å². The molecule has 0 saturated heterocycles. The molecule has 0 aliphatic carbocycles. The van der Waals surface area contributed by atoms with Crippen molar-refractivity contribution < 1.29 is 4.74 Å². The SMILES string of the molecule is COc1c(C)cnc(Cn2ccn(C)c2=O)c1C. The van der Waals surface area contributed by atoms with E-state index in [9.17, 15) is 4.79 Å². The summed E-state index contributed by atoms with van der Waals surface area (Å²) < 4.78 is 8.53. The van der Waals surface area contributed by atoms with Crippen molar-refractivity contribution >= 4 is 0 Å². The molecule has 96 valence electrons. The van der Waals surface area contributed by atoms with Gasteiger partial charge < -0.3 is 9.30 Å². The van der Waals surface area contributed by atoms with Crippen molar-refractivity contribution in [3.05, 3.63) is 45.9 Å². The number of imidazole rings is 1. The Morgan fingerprint density at radius 3 is 2.61 bits per heavy atom. The van der Waals surface area contributed by atoms with Crippen LogP contribution in [0.25, 0.3) is 0 Å². The molecule has 0 unspecified atom stereocenters. The second kappa shape index (κ2) is 4.68. The number of aromatic nitrogens is 3. The van der Waals surface area contributed by atoms with Crippen LogP contribution in [-0.4, -0.2) is 21.2 Å². The summed E-state index contributed by atoms with van der Waals surface area (Å²) in [5.41, 5.74) is 2.79. The highest BCUT2D eigenvalue weighted by molar-refractivity contribution is 5.41. The van der Waals surface area contributed by atoms with Crippen LogP contribution < -0.4 is 10.4 Å². The van der Waals surface area contributed by atoms with E-state index in [2.05, 4.69) is 4.98 Å². The van der Waals surface area contributed by atoms with E-state index >= 15 is 0 Å². The van der Waals surface area contributed by atoms with E-state index in [4.69, 9.17) is 4.74 Å². The summed E-state index contributed by atoms with van der Waals surface area (Å²) in [6.07, 6.45) is 5.27. The van der Waals surface area contributed by atoms with Crippen molar-refractivity contribution in [2.24, 2.45) is 7.05 Å². The maximum atomic E-state index is 11.8. The largest absolute Gasteiger partial charge is 0.496 e. The zero-order valence-electron chi connectivity index (χ0n) is 11.1. The number of nitrogens with zero attached hydrogens (tertiary/aromatic N) is 3. The lowest BCUT2D eigenvalue weighted by atomic mass is 10.1. The van der Waals surface area contributed by atoms with Gasteiger partial charge in [0.1, 0.15) is 5.75 Å². The van der Waals surface area contributed by atoms with Crippen molar-refractivity contribution in [1.29, 1.82) is 0 Å². The van der Waals surface area contributed by atoms with Gasteiger partial charge in [0.15, 0.2) is 0 Å². The molecule has 5 heteroatoms. The van der Waals surface area contributed by atoms with E-state index in [-0.39, 0.29) is 5.69 Å². The van der Waals surface area contributed by atoms with Crippen LogP contribution in [0.5, 0.6) is 5.75 Å². The average Bonchev–Trinajstić information content (AvgIpc) is 2.65. The van der Waals surface area contributed by atoms with Crippen molar-refractivity contribution in [2.75, 3.05) is 7.11 Å². The van der Waals surface area contributed by atoms with E-state index in [0.29, 0.717) is 6.54 Å². The molecule has 0 aliphatic rings. The number of hydrogen-bond donors (Lipinski definition) is 0. The van der Waals surface area contributed by atoms with Gasteiger partial charge in [-0.3, -0.25) is 9.55 Å². The molecule has 0 N–H and O–H groups in total. The third-order valence-electron chi connectivity index (χ3n) is 3.09. The fraction of sp³-hybridized carbons (Fsp3) is 0.385. The minimum Gasteiger partial charge on any atom is -0.496 e. The first-order valence-electron chi connectivity index (χ1n) is 5.75. The molecule has 0 aliphatic heterocycles. The molecule has 2 rings (SSSR count). The number of ether oxygens (including phenoxy) is 1. The monoisotopic (exact) mass is 247 g/mol. The molecule has 2 aromatic rings. The molecule has 0 bridgehead atoms. The second-order valence-corrected chi connectivity index (χ2v) is 4.37. The number of methoxy groups -OCH3 is 1. The van der Waals surface area contributed by atoms with Crippen LogP contribution in [0, 0.1) is 13.8 Å². The molecule has 0 amide bonds. The molecule has 0 fully saturated rings. The van der Waals surface area contributed by atoms with Crippen LogP contribution in [0.15, 0.2) is 23.4 Å². The van der Waals surface area contributed by atoms with Crippen molar-refractivity contribution in [3.8, 4) is 5.75 Å². The molecule has 0 radical (unpaired) electrons. The van der Waals surface area contributed by atoms with Crippen molar-refractivity contribution in [1.82, 2.24) is 14.1 Å². The van der Waals surface area contributed by atoms with Gasteiger partial charge in [-0.1, -0.05) is 0 Å². The lowest BCUT2D eigenvalue weighted by Gasteiger charge is -2.12. The van der Waals surface area contributed by atoms with E-state index in [1.165, 1.54) is 0 Å². The summed E-state index contributed by atoms with van der Waals surface area (Å²) in [6, 6.07) is 0. The Labute approximate surface area is 106 Å². The van der Waals surface area contributed by atoms with Crippen LogP contribution in [-0.2, 0) is 13.6 Å². The highest BCUT2D eigenvalue weighted by atomic mass is 16.5. The Kier molecular flexibility index (Phi) is 3.23. The van der Waals surface area contributed by atoms with Gasteiger partial charge in [-0.2, -0.15) is 0 Å². The van der Waals surface area contributed by atoms with Gasteiger partial charge >= 0.3 is 5.69 Å². The standard InChI is InChI=1S/C13H17N3O2/c1-9-7-14-11(10(2)12(9)18-4)8-16-6-5-15(3)13(16)17/h5-7H,8H2,1-4H3. The van der Waals surface area contributed by atoms with Gasteiger partial charge in [0, 0.05) is 36.8 Å². The highest BCUT2D eigenvalue weighted by Crippen LogP contribution is 2.24. The first-order chi connectivity index (χ1) is 8.54. The summed E-state index contributed by atoms with van der Waals surface area (Å²) in [7, 11) is 3.38. The smallest absolute Gasteiger partial charge is 0.328 e. The highest BCUT2D eigenvalue weighted by Gasteiger charge is 2.11. The second-order valence-electron chi connectivity index (χ2n) is 4.37. The predicted octanol–water partition coefficient (Wildman–Crippen LogP) is 1.26. The van der Waals surface area contributed by atoms with Crippen molar-refractivity contribution in [2.45, 2.75) is 20.4 Å². The summed E-state index contributed by atoms with van der Waals surface area (Å²) >= 11 is 0. The molecule has 2 heterocycles. The lowest BCUT2D eigenvalue weighted by Crippen LogP contribution is -2.23. The van der Waals surface area contributed by atoms with Crippen LogP contribution in [0.3, 0.4) is 0 Å². The predicted molar refractivity (Wildman–Crippen MR) is 69.0 cm³/mol. The normalized spacial score (nSPS) is 10.7. The van der Waals surface area contributed by atoms with Gasteiger partial charge in [-0.25, -0.2) is 4.79 Å². The maximum absolute atomic E-state index is 11.8. The molecular weight excluding hydrogens is 230 g/mol. The Morgan fingerprint density at radius 2 is 2.06 bits per heavy atom. The van der Waals surface area contributed by atoms with Gasteiger partial charge in [0.25, 0.3) is 0 Å². The third kappa shape index (κ3) is 2.03. The van der Waals surface area contributed by atoms with Crippen LogP contribution in [0.4, 0.5) is 0 Å². The fourth-order valence-electron chi connectivity index (χ4n) is 2.02. The van der Waals surface area contributed by atoms with Crippen LogP contribution >= 0.6 is 0 Å². The number of rotatable bonds is 3. The molecule has 0 saturated carbocycles. The number of hydrogen-bond acceptors (Lipinski definition) is 3. The van der Waals surface area contributed by atoms with Gasteiger partial charge in [-0.15, -0.1) is 0 Å².